The van der Waals surface area contributed by atoms with Gasteiger partial charge in [-0.15, -0.1) is 0 Å². The van der Waals surface area contributed by atoms with Crippen molar-refractivity contribution in [1.29, 1.82) is 0 Å². The molecule has 0 aliphatic heterocycles. The number of rotatable bonds is 6. The van der Waals surface area contributed by atoms with Crippen molar-refractivity contribution in [3.8, 4) is 22.6 Å². The molecule has 0 bridgehead atoms. The number of ether oxygens (including phenoxy) is 1. The van der Waals surface area contributed by atoms with Crippen molar-refractivity contribution in [2.24, 2.45) is 5.73 Å². The minimum Gasteiger partial charge on any atom is -0.457 e. The third-order valence-corrected chi connectivity index (χ3v) is 4.74. The molecule has 1 unspecified atom stereocenters. The minimum atomic E-state index is -1.04. The predicted molar refractivity (Wildman–Crippen MR) is 113 cm³/mol. The van der Waals surface area contributed by atoms with Crippen LogP contribution in [0, 0.1) is 0 Å². The van der Waals surface area contributed by atoms with Gasteiger partial charge in [-0.05, 0) is 48.4 Å². The van der Waals surface area contributed by atoms with E-state index in [-0.39, 0.29) is 5.91 Å². The quantitative estimate of drug-likeness (QED) is 0.362. The third-order valence-electron chi connectivity index (χ3n) is 4.74. The van der Waals surface area contributed by atoms with Gasteiger partial charge in [-0.3, -0.25) is 10.0 Å². The van der Waals surface area contributed by atoms with Crippen molar-refractivity contribution in [2.45, 2.75) is 13.1 Å². The topological polar surface area (TPSA) is 96.1 Å². The van der Waals surface area contributed by atoms with Gasteiger partial charge in [0.15, 0.2) is 0 Å². The number of benzene rings is 3. The first-order valence-electron chi connectivity index (χ1n) is 9.35. The Hall–Kier alpha value is -3.84. The highest BCUT2D eigenvalue weighted by Crippen LogP contribution is 2.30. The normalized spacial score (nSPS) is 11.4. The van der Waals surface area contributed by atoms with Crippen molar-refractivity contribution in [1.82, 2.24) is 9.96 Å². The molecule has 3 N–H and O–H groups in total. The maximum atomic E-state index is 13.1. The van der Waals surface area contributed by atoms with E-state index in [2.05, 4.69) is 0 Å². The molecule has 154 valence electrons. The van der Waals surface area contributed by atoms with Crippen molar-refractivity contribution in [3.05, 3.63) is 84.4 Å². The number of carbonyl (C=O) groups excluding carboxylic acids is 2. The Morgan fingerprint density at radius 2 is 1.57 bits per heavy atom. The Balaban J connectivity index is 1.91. The van der Waals surface area contributed by atoms with Crippen molar-refractivity contribution in [3.63, 3.8) is 0 Å². The second-order valence-corrected chi connectivity index (χ2v) is 6.72. The zero-order valence-corrected chi connectivity index (χ0v) is 16.7. The summed E-state index contributed by atoms with van der Waals surface area (Å²) < 4.78 is 5.90. The molecular weight excluding hydrogens is 382 g/mol. The second kappa shape index (κ2) is 9.11. The Kier molecular flexibility index (Phi) is 6.34. The summed E-state index contributed by atoms with van der Waals surface area (Å²) in [4.78, 5) is 25.6. The van der Waals surface area contributed by atoms with Gasteiger partial charge in [0.05, 0.1) is 0 Å². The summed E-state index contributed by atoms with van der Waals surface area (Å²) in [5.74, 6) is 0.979. The van der Waals surface area contributed by atoms with Gasteiger partial charge in [0, 0.05) is 12.6 Å². The number of primary amides is 1. The predicted octanol–water partition coefficient (Wildman–Crippen LogP) is 4.33. The minimum absolute atomic E-state index is 0.314. The van der Waals surface area contributed by atoms with Gasteiger partial charge in [0.2, 0.25) is 0 Å². The van der Waals surface area contributed by atoms with Crippen LogP contribution in [0.4, 0.5) is 4.79 Å². The summed E-state index contributed by atoms with van der Waals surface area (Å²) in [7, 11) is 1.49. The number of amides is 3. The lowest BCUT2D eigenvalue weighted by molar-refractivity contribution is -0.105. The lowest BCUT2D eigenvalue weighted by Crippen LogP contribution is -2.50. The molecule has 3 amide bonds. The van der Waals surface area contributed by atoms with Crippen LogP contribution in [0.25, 0.3) is 11.1 Å². The average Bonchev–Trinajstić information content (AvgIpc) is 2.78. The molecule has 0 radical (unpaired) electrons. The standard InChI is InChI=1S/C23H23N3O4/c1-16(26(29)23(24)28)25(2)22(27)21-14-7-6-13-20(21)17-9-8-12-19(15-17)30-18-10-4-3-5-11-18/h3-16,29H,1-2H3,(H2,24,28). The van der Waals surface area contributed by atoms with Crippen LogP contribution in [0.3, 0.4) is 0 Å². The van der Waals surface area contributed by atoms with Crippen LogP contribution in [0.15, 0.2) is 78.9 Å². The van der Waals surface area contributed by atoms with E-state index in [1.54, 1.807) is 12.1 Å². The smallest absolute Gasteiger partial charge is 0.340 e. The van der Waals surface area contributed by atoms with Crippen molar-refractivity contribution >= 4 is 11.9 Å². The molecule has 30 heavy (non-hydrogen) atoms. The highest BCUT2D eigenvalue weighted by atomic mass is 16.5. The Morgan fingerprint density at radius 3 is 2.27 bits per heavy atom. The molecule has 3 rings (SSSR count). The molecule has 0 aromatic heterocycles. The molecule has 7 heteroatoms. The van der Waals surface area contributed by atoms with Crippen LogP contribution in [0.1, 0.15) is 17.3 Å². The SMILES string of the molecule is CC(N(C)C(=O)c1ccccc1-c1cccc(Oc2ccccc2)c1)N(O)C(N)=O. The molecule has 3 aromatic rings. The highest BCUT2D eigenvalue weighted by molar-refractivity contribution is 6.01. The van der Waals surface area contributed by atoms with E-state index >= 15 is 0 Å². The van der Waals surface area contributed by atoms with Gasteiger partial charge in [0.25, 0.3) is 5.91 Å². The first kappa shape index (κ1) is 20.9. The fraction of sp³-hybridized carbons (Fsp3) is 0.130. The van der Waals surface area contributed by atoms with Crippen molar-refractivity contribution < 1.29 is 19.5 Å². The summed E-state index contributed by atoms with van der Waals surface area (Å²) in [5.41, 5.74) is 7.01. The molecule has 1 atom stereocenters. The lowest BCUT2D eigenvalue weighted by atomic mass is 9.98. The average molecular weight is 405 g/mol. The first-order valence-corrected chi connectivity index (χ1v) is 9.35. The lowest BCUT2D eigenvalue weighted by Gasteiger charge is -2.30. The summed E-state index contributed by atoms with van der Waals surface area (Å²) in [6.45, 7) is 1.50. The van der Waals surface area contributed by atoms with Gasteiger partial charge in [-0.1, -0.05) is 48.5 Å². The molecule has 0 saturated carbocycles. The largest absolute Gasteiger partial charge is 0.457 e. The molecular formula is C23H23N3O4. The molecule has 0 spiro atoms. The Labute approximate surface area is 174 Å². The van der Waals surface area contributed by atoms with E-state index in [4.69, 9.17) is 10.5 Å². The summed E-state index contributed by atoms with van der Waals surface area (Å²) >= 11 is 0. The fourth-order valence-electron chi connectivity index (χ4n) is 2.98. The summed E-state index contributed by atoms with van der Waals surface area (Å²) in [6, 6.07) is 22.9. The molecule has 7 nitrogen and oxygen atoms in total. The van der Waals surface area contributed by atoms with Crippen LogP contribution in [0.2, 0.25) is 0 Å². The molecule has 0 heterocycles. The maximum Gasteiger partial charge on any atom is 0.340 e. The number of carbonyl (C=O) groups is 2. The van der Waals surface area contributed by atoms with Gasteiger partial charge in [0.1, 0.15) is 17.7 Å². The van der Waals surface area contributed by atoms with Gasteiger partial charge < -0.3 is 15.4 Å². The van der Waals surface area contributed by atoms with Crippen molar-refractivity contribution in [2.75, 3.05) is 7.05 Å². The van der Waals surface area contributed by atoms with E-state index in [1.165, 1.54) is 18.9 Å². The zero-order valence-electron chi connectivity index (χ0n) is 16.7. The summed E-state index contributed by atoms with van der Waals surface area (Å²) in [5, 5.41) is 10.1. The van der Waals surface area contributed by atoms with Gasteiger partial charge in [-0.2, -0.15) is 5.06 Å². The Bertz CT molecular complexity index is 1040. The fourth-order valence-corrected chi connectivity index (χ4v) is 2.98. The van der Waals surface area contributed by atoms with Crippen LogP contribution >= 0.6 is 0 Å². The number of para-hydroxylation sites is 1. The second-order valence-electron chi connectivity index (χ2n) is 6.72. The first-order chi connectivity index (χ1) is 14.4. The van der Waals surface area contributed by atoms with Crippen LogP contribution in [0.5, 0.6) is 11.5 Å². The van der Waals surface area contributed by atoms with E-state index in [0.29, 0.717) is 27.7 Å². The molecule has 0 aliphatic rings. The van der Waals surface area contributed by atoms with E-state index < -0.39 is 12.2 Å². The highest BCUT2D eigenvalue weighted by Gasteiger charge is 2.26. The van der Waals surface area contributed by atoms with E-state index in [0.717, 1.165) is 5.56 Å². The number of hydroxylamine groups is 2. The van der Waals surface area contributed by atoms with E-state index in [1.807, 2.05) is 66.7 Å². The molecule has 0 fully saturated rings. The Morgan fingerprint density at radius 1 is 0.933 bits per heavy atom. The number of hydrogen-bond acceptors (Lipinski definition) is 4. The summed E-state index contributed by atoms with van der Waals surface area (Å²) in [6.07, 6.45) is -0.934. The number of hydrogen-bond donors (Lipinski definition) is 2. The van der Waals surface area contributed by atoms with Gasteiger partial charge in [-0.25, -0.2) is 4.79 Å². The number of urea groups is 1. The molecule has 3 aromatic carbocycles. The van der Waals surface area contributed by atoms with Crippen LogP contribution in [-0.2, 0) is 0 Å². The number of nitrogens with zero attached hydrogens (tertiary/aromatic N) is 2. The molecule has 0 saturated heterocycles. The molecule has 0 aliphatic carbocycles. The monoisotopic (exact) mass is 405 g/mol. The van der Waals surface area contributed by atoms with E-state index in [9.17, 15) is 14.8 Å². The zero-order chi connectivity index (χ0) is 21.7. The van der Waals surface area contributed by atoms with Gasteiger partial charge >= 0.3 is 6.03 Å². The maximum absolute atomic E-state index is 13.1. The third kappa shape index (κ3) is 4.59. The number of nitrogens with two attached hydrogens (primary N) is 1. The van der Waals surface area contributed by atoms with Crippen LogP contribution in [-0.4, -0.2) is 40.3 Å². The van der Waals surface area contributed by atoms with Crippen LogP contribution < -0.4 is 10.5 Å².